The number of benzene rings is 2. The Bertz CT molecular complexity index is 858. The summed E-state index contributed by atoms with van der Waals surface area (Å²) in [5.74, 6) is -1.71. The van der Waals surface area contributed by atoms with Crippen molar-refractivity contribution in [3.63, 3.8) is 0 Å². The predicted molar refractivity (Wildman–Crippen MR) is 78.5 cm³/mol. The molecule has 6 nitrogen and oxygen atoms in total. The Labute approximate surface area is 129 Å². The molecule has 0 saturated heterocycles. The van der Waals surface area contributed by atoms with Crippen LogP contribution in [-0.2, 0) is 7.05 Å². The number of hydrogen-bond acceptors (Lipinski definition) is 4. The molecule has 0 spiro atoms. The van der Waals surface area contributed by atoms with E-state index in [1.165, 1.54) is 4.68 Å². The molecule has 1 heterocycles. The van der Waals surface area contributed by atoms with Crippen LogP contribution < -0.4 is 5.32 Å². The summed E-state index contributed by atoms with van der Waals surface area (Å²) in [5, 5.41) is 13.7. The molecule has 0 fully saturated rings. The van der Waals surface area contributed by atoms with Crippen LogP contribution >= 0.6 is 0 Å². The van der Waals surface area contributed by atoms with Crippen molar-refractivity contribution in [2.24, 2.45) is 7.05 Å². The first-order chi connectivity index (χ1) is 11.0. The molecule has 0 radical (unpaired) electrons. The van der Waals surface area contributed by atoms with Gasteiger partial charge in [-0.1, -0.05) is 12.1 Å². The second-order valence-corrected chi connectivity index (χ2v) is 4.82. The highest BCUT2D eigenvalue weighted by Gasteiger charge is 2.11. The SMILES string of the molecule is Cn1nnnc1-c1cccc(NC(=O)c2cc(F)cc(F)c2)c1. The molecule has 8 heteroatoms. The minimum Gasteiger partial charge on any atom is -0.322 e. The summed E-state index contributed by atoms with van der Waals surface area (Å²) < 4.78 is 27.8. The van der Waals surface area contributed by atoms with Crippen LogP contribution in [0.3, 0.4) is 0 Å². The maximum absolute atomic E-state index is 13.2. The van der Waals surface area contributed by atoms with Gasteiger partial charge >= 0.3 is 0 Å². The Morgan fingerprint density at radius 2 is 1.87 bits per heavy atom. The average molecular weight is 315 g/mol. The molecule has 0 bridgehead atoms. The molecule has 0 aliphatic carbocycles. The van der Waals surface area contributed by atoms with E-state index in [-0.39, 0.29) is 5.56 Å². The number of tetrazole rings is 1. The van der Waals surface area contributed by atoms with Crippen molar-refractivity contribution >= 4 is 11.6 Å². The molecular formula is C15H11F2N5O. The average Bonchev–Trinajstić information content (AvgIpc) is 2.92. The summed E-state index contributed by atoms with van der Waals surface area (Å²) in [7, 11) is 1.69. The lowest BCUT2D eigenvalue weighted by Crippen LogP contribution is -2.12. The fourth-order valence-corrected chi connectivity index (χ4v) is 2.10. The zero-order valence-corrected chi connectivity index (χ0v) is 12.0. The van der Waals surface area contributed by atoms with Crippen LogP contribution in [0.5, 0.6) is 0 Å². The van der Waals surface area contributed by atoms with Gasteiger partial charge in [0, 0.05) is 29.9 Å². The van der Waals surface area contributed by atoms with Gasteiger partial charge in [0.2, 0.25) is 0 Å². The molecule has 0 atom stereocenters. The van der Waals surface area contributed by atoms with Crippen LogP contribution in [0.4, 0.5) is 14.5 Å². The van der Waals surface area contributed by atoms with Gasteiger partial charge in [-0.25, -0.2) is 13.5 Å². The normalized spacial score (nSPS) is 10.6. The lowest BCUT2D eigenvalue weighted by molar-refractivity contribution is 0.102. The molecule has 0 aliphatic rings. The highest BCUT2D eigenvalue weighted by Crippen LogP contribution is 2.20. The minimum absolute atomic E-state index is 0.103. The largest absolute Gasteiger partial charge is 0.322 e. The van der Waals surface area contributed by atoms with Crippen molar-refractivity contribution in [2.75, 3.05) is 5.32 Å². The molecular weight excluding hydrogens is 304 g/mol. The molecule has 1 N–H and O–H groups in total. The van der Waals surface area contributed by atoms with E-state index in [9.17, 15) is 13.6 Å². The van der Waals surface area contributed by atoms with Gasteiger partial charge in [-0.05, 0) is 34.7 Å². The Balaban J connectivity index is 1.86. The van der Waals surface area contributed by atoms with E-state index in [1.54, 1.807) is 31.3 Å². The fourth-order valence-electron chi connectivity index (χ4n) is 2.10. The second-order valence-electron chi connectivity index (χ2n) is 4.82. The van der Waals surface area contributed by atoms with Gasteiger partial charge in [-0.3, -0.25) is 4.79 Å². The Hall–Kier alpha value is -3.16. The number of amides is 1. The van der Waals surface area contributed by atoms with Gasteiger partial charge in [0.15, 0.2) is 5.82 Å². The molecule has 1 amide bonds. The smallest absolute Gasteiger partial charge is 0.255 e. The van der Waals surface area contributed by atoms with Gasteiger partial charge < -0.3 is 5.32 Å². The molecule has 23 heavy (non-hydrogen) atoms. The number of nitrogens with zero attached hydrogens (tertiary/aromatic N) is 4. The Morgan fingerprint density at radius 3 is 2.52 bits per heavy atom. The number of carbonyl (C=O) groups is 1. The van der Waals surface area contributed by atoms with Gasteiger partial charge in [-0.2, -0.15) is 0 Å². The predicted octanol–water partition coefficient (Wildman–Crippen LogP) is 2.41. The van der Waals surface area contributed by atoms with Crippen molar-refractivity contribution in [1.82, 2.24) is 20.2 Å². The molecule has 2 aromatic carbocycles. The number of aryl methyl sites for hydroxylation is 1. The van der Waals surface area contributed by atoms with E-state index < -0.39 is 17.5 Å². The second kappa shape index (κ2) is 5.91. The van der Waals surface area contributed by atoms with Crippen LogP contribution in [0.15, 0.2) is 42.5 Å². The minimum atomic E-state index is -0.811. The summed E-state index contributed by atoms with van der Waals surface area (Å²) in [6, 6.07) is 9.46. The first-order valence-corrected chi connectivity index (χ1v) is 6.63. The van der Waals surface area contributed by atoms with E-state index in [1.807, 2.05) is 0 Å². The first-order valence-electron chi connectivity index (χ1n) is 6.63. The number of hydrogen-bond donors (Lipinski definition) is 1. The zero-order chi connectivity index (χ0) is 16.4. The van der Waals surface area contributed by atoms with Gasteiger partial charge in [0.1, 0.15) is 11.6 Å². The Kier molecular flexibility index (Phi) is 3.80. The van der Waals surface area contributed by atoms with E-state index in [4.69, 9.17) is 0 Å². The van der Waals surface area contributed by atoms with E-state index in [0.29, 0.717) is 23.1 Å². The van der Waals surface area contributed by atoms with Crippen molar-refractivity contribution in [1.29, 1.82) is 0 Å². The summed E-state index contributed by atoms with van der Waals surface area (Å²) in [6.45, 7) is 0. The van der Waals surface area contributed by atoms with Gasteiger partial charge in [0.25, 0.3) is 5.91 Å². The highest BCUT2D eigenvalue weighted by molar-refractivity contribution is 6.04. The fraction of sp³-hybridized carbons (Fsp3) is 0.0667. The van der Waals surface area contributed by atoms with Crippen LogP contribution in [-0.4, -0.2) is 26.1 Å². The van der Waals surface area contributed by atoms with Crippen molar-refractivity contribution < 1.29 is 13.6 Å². The molecule has 1 aromatic heterocycles. The van der Waals surface area contributed by atoms with Crippen LogP contribution in [0.1, 0.15) is 10.4 Å². The summed E-state index contributed by atoms with van der Waals surface area (Å²) in [5.41, 5.74) is 1.05. The lowest BCUT2D eigenvalue weighted by Gasteiger charge is -2.07. The number of carbonyl (C=O) groups excluding carboxylic acids is 1. The van der Waals surface area contributed by atoms with Crippen LogP contribution in [0, 0.1) is 11.6 Å². The number of aromatic nitrogens is 4. The third kappa shape index (κ3) is 3.20. The molecule has 0 aliphatic heterocycles. The topological polar surface area (TPSA) is 72.7 Å². The van der Waals surface area contributed by atoms with Crippen molar-refractivity contribution in [3.05, 3.63) is 59.7 Å². The zero-order valence-electron chi connectivity index (χ0n) is 12.0. The van der Waals surface area contributed by atoms with E-state index in [2.05, 4.69) is 20.8 Å². The number of anilines is 1. The maximum atomic E-state index is 13.2. The standard InChI is InChI=1S/C15H11F2N5O/c1-22-14(19-20-21-22)9-3-2-4-13(7-9)18-15(23)10-5-11(16)8-12(17)6-10/h2-8H,1H3,(H,18,23). The third-order valence-corrected chi connectivity index (χ3v) is 3.12. The quantitative estimate of drug-likeness (QED) is 0.805. The maximum Gasteiger partial charge on any atom is 0.255 e. The Morgan fingerprint density at radius 1 is 1.13 bits per heavy atom. The summed E-state index contributed by atoms with van der Waals surface area (Å²) in [6.07, 6.45) is 0. The van der Waals surface area contributed by atoms with E-state index in [0.717, 1.165) is 12.1 Å². The third-order valence-electron chi connectivity index (χ3n) is 3.12. The summed E-state index contributed by atoms with van der Waals surface area (Å²) in [4.78, 5) is 12.1. The van der Waals surface area contributed by atoms with Crippen molar-refractivity contribution in [3.8, 4) is 11.4 Å². The van der Waals surface area contributed by atoms with E-state index >= 15 is 0 Å². The number of halogens is 2. The van der Waals surface area contributed by atoms with Gasteiger partial charge in [0.05, 0.1) is 0 Å². The molecule has 116 valence electrons. The van der Waals surface area contributed by atoms with Crippen LogP contribution in [0.2, 0.25) is 0 Å². The van der Waals surface area contributed by atoms with Crippen LogP contribution in [0.25, 0.3) is 11.4 Å². The molecule has 3 aromatic rings. The molecule has 0 saturated carbocycles. The van der Waals surface area contributed by atoms with Crippen molar-refractivity contribution in [2.45, 2.75) is 0 Å². The number of rotatable bonds is 3. The first kappa shape index (κ1) is 14.8. The molecule has 3 rings (SSSR count). The molecule has 0 unspecified atom stereocenters. The monoisotopic (exact) mass is 315 g/mol. The summed E-state index contributed by atoms with van der Waals surface area (Å²) >= 11 is 0. The number of nitrogens with one attached hydrogen (secondary N) is 1. The highest BCUT2D eigenvalue weighted by atomic mass is 19.1. The van der Waals surface area contributed by atoms with Gasteiger partial charge in [-0.15, -0.1) is 5.10 Å². The lowest BCUT2D eigenvalue weighted by atomic mass is 10.1.